The lowest BCUT2D eigenvalue weighted by Crippen LogP contribution is -2.11. The number of hydrogen-bond donors (Lipinski definition) is 1. The Labute approximate surface area is 114 Å². The van der Waals surface area contributed by atoms with Crippen molar-refractivity contribution in [3.63, 3.8) is 0 Å². The number of aliphatic hydroxyl groups is 1. The Morgan fingerprint density at radius 1 is 1.16 bits per heavy atom. The molecule has 0 spiro atoms. The van der Waals surface area contributed by atoms with Gasteiger partial charge in [0.05, 0.1) is 6.61 Å². The summed E-state index contributed by atoms with van der Waals surface area (Å²) in [5, 5.41) is 9.01. The molecular weight excluding hydrogens is 236 g/mol. The molecule has 102 valence electrons. The fourth-order valence-corrected chi connectivity index (χ4v) is 2.12. The van der Waals surface area contributed by atoms with Crippen LogP contribution < -0.4 is 0 Å². The molecule has 0 saturated carbocycles. The first-order chi connectivity index (χ1) is 9.00. The van der Waals surface area contributed by atoms with Crippen LogP contribution in [0.4, 0.5) is 0 Å². The molecule has 0 aliphatic heterocycles. The number of nitrogens with zero attached hydrogens (tertiary/aromatic N) is 2. The number of imidazole rings is 1. The number of aromatic nitrogens is 2. The van der Waals surface area contributed by atoms with E-state index >= 15 is 0 Å². The smallest absolute Gasteiger partial charge is 0.113 e. The van der Waals surface area contributed by atoms with Gasteiger partial charge in [-0.25, -0.2) is 4.98 Å². The summed E-state index contributed by atoms with van der Waals surface area (Å²) in [6, 6.07) is 8.71. The first-order valence-corrected chi connectivity index (χ1v) is 6.71. The predicted octanol–water partition coefficient (Wildman–Crippen LogP) is 2.76. The fraction of sp³-hybridized carbons (Fsp3) is 0.438. The third-order valence-corrected chi connectivity index (χ3v) is 3.32. The van der Waals surface area contributed by atoms with Gasteiger partial charge in [0.25, 0.3) is 0 Å². The van der Waals surface area contributed by atoms with Crippen LogP contribution in [-0.2, 0) is 18.4 Å². The fourth-order valence-electron chi connectivity index (χ4n) is 2.12. The van der Waals surface area contributed by atoms with E-state index in [1.165, 1.54) is 11.1 Å². The highest BCUT2D eigenvalue weighted by Gasteiger charge is 2.13. The minimum absolute atomic E-state index is 0.145. The number of aliphatic hydroxyl groups excluding tert-OH is 1. The van der Waals surface area contributed by atoms with E-state index in [0.29, 0.717) is 6.54 Å². The van der Waals surface area contributed by atoms with Crippen molar-refractivity contribution in [1.82, 2.24) is 9.55 Å². The molecule has 0 aliphatic carbocycles. The second-order valence-electron chi connectivity index (χ2n) is 5.88. The van der Waals surface area contributed by atoms with E-state index in [9.17, 15) is 0 Å². The summed E-state index contributed by atoms with van der Waals surface area (Å²) in [7, 11) is 0. The molecule has 0 aliphatic rings. The molecule has 0 amide bonds. The summed E-state index contributed by atoms with van der Waals surface area (Å²) in [5.41, 5.74) is 2.78. The maximum absolute atomic E-state index is 9.01. The Kier molecular flexibility index (Phi) is 4.05. The van der Waals surface area contributed by atoms with Gasteiger partial charge < -0.3 is 9.67 Å². The van der Waals surface area contributed by atoms with Gasteiger partial charge in [-0.1, -0.05) is 45.0 Å². The van der Waals surface area contributed by atoms with Crippen molar-refractivity contribution < 1.29 is 5.11 Å². The quantitative estimate of drug-likeness (QED) is 0.915. The van der Waals surface area contributed by atoms with Gasteiger partial charge in [0, 0.05) is 25.4 Å². The monoisotopic (exact) mass is 258 g/mol. The van der Waals surface area contributed by atoms with Gasteiger partial charge in [0.1, 0.15) is 5.82 Å². The number of hydrogen-bond acceptors (Lipinski definition) is 2. The van der Waals surface area contributed by atoms with Crippen LogP contribution in [0.25, 0.3) is 0 Å². The van der Waals surface area contributed by atoms with Crippen LogP contribution in [0, 0.1) is 0 Å². The molecule has 3 nitrogen and oxygen atoms in total. The largest absolute Gasteiger partial charge is 0.395 e. The highest BCUT2D eigenvalue weighted by Crippen LogP contribution is 2.22. The summed E-state index contributed by atoms with van der Waals surface area (Å²) < 4.78 is 2.00. The maximum atomic E-state index is 9.01. The third-order valence-electron chi connectivity index (χ3n) is 3.32. The first-order valence-electron chi connectivity index (χ1n) is 6.71. The molecule has 1 aromatic carbocycles. The second-order valence-corrected chi connectivity index (χ2v) is 5.88. The normalized spacial score (nSPS) is 11.8. The van der Waals surface area contributed by atoms with Crippen LogP contribution in [0.2, 0.25) is 0 Å². The molecule has 19 heavy (non-hydrogen) atoms. The predicted molar refractivity (Wildman–Crippen MR) is 77.3 cm³/mol. The standard InChI is InChI=1S/C16H22N2O/c1-16(2,3)14-6-4-13(5-7-14)12-15-17-8-9-18(15)10-11-19/h4-9,19H,10-12H2,1-3H3. The first kappa shape index (κ1) is 13.8. The molecule has 2 aromatic rings. The molecule has 1 N–H and O–H groups in total. The molecule has 0 saturated heterocycles. The third kappa shape index (κ3) is 3.44. The van der Waals surface area contributed by atoms with Crippen molar-refractivity contribution in [3.8, 4) is 0 Å². The summed E-state index contributed by atoms with van der Waals surface area (Å²) in [5.74, 6) is 0.998. The van der Waals surface area contributed by atoms with Crippen molar-refractivity contribution in [2.45, 2.75) is 39.2 Å². The molecule has 1 aromatic heterocycles. The zero-order valence-corrected chi connectivity index (χ0v) is 11.9. The van der Waals surface area contributed by atoms with Crippen molar-refractivity contribution in [2.24, 2.45) is 0 Å². The maximum Gasteiger partial charge on any atom is 0.113 e. The molecule has 2 rings (SSSR count). The average molecular weight is 258 g/mol. The highest BCUT2D eigenvalue weighted by atomic mass is 16.3. The summed E-state index contributed by atoms with van der Waals surface area (Å²) >= 11 is 0. The lowest BCUT2D eigenvalue weighted by molar-refractivity contribution is 0.274. The molecule has 0 fully saturated rings. The minimum Gasteiger partial charge on any atom is -0.395 e. The Balaban J connectivity index is 2.13. The molecule has 0 bridgehead atoms. The van der Waals surface area contributed by atoms with E-state index in [4.69, 9.17) is 5.11 Å². The van der Waals surface area contributed by atoms with Gasteiger partial charge in [0.2, 0.25) is 0 Å². The van der Waals surface area contributed by atoms with E-state index < -0.39 is 0 Å². The lowest BCUT2D eigenvalue weighted by Gasteiger charge is -2.19. The average Bonchev–Trinajstić information content (AvgIpc) is 2.77. The Morgan fingerprint density at radius 3 is 2.42 bits per heavy atom. The zero-order valence-electron chi connectivity index (χ0n) is 11.9. The van der Waals surface area contributed by atoms with Gasteiger partial charge in [-0.15, -0.1) is 0 Å². The van der Waals surface area contributed by atoms with Gasteiger partial charge >= 0.3 is 0 Å². The van der Waals surface area contributed by atoms with Gasteiger partial charge in [-0.2, -0.15) is 0 Å². The zero-order chi connectivity index (χ0) is 13.9. The molecule has 3 heteroatoms. The van der Waals surface area contributed by atoms with Crippen LogP contribution >= 0.6 is 0 Å². The Hall–Kier alpha value is -1.61. The van der Waals surface area contributed by atoms with E-state index in [-0.39, 0.29) is 12.0 Å². The van der Waals surface area contributed by atoms with Crippen LogP contribution in [-0.4, -0.2) is 21.3 Å². The van der Waals surface area contributed by atoms with Crippen molar-refractivity contribution in [1.29, 1.82) is 0 Å². The number of rotatable bonds is 4. The van der Waals surface area contributed by atoms with E-state index in [1.807, 2.05) is 10.8 Å². The highest BCUT2D eigenvalue weighted by molar-refractivity contribution is 5.29. The van der Waals surface area contributed by atoms with Gasteiger partial charge in [-0.05, 0) is 16.5 Å². The second kappa shape index (κ2) is 5.57. The Morgan fingerprint density at radius 2 is 1.84 bits per heavy atom. The molecular formula is C16H22N2O. The molecule has 1 heterocycles. The van der Waals surface area contributed by atoms with Crippen molar-refractivity contribution in [2.75, 3.05) is 6.61 Å². The van der Waals surface area contributed by atoms with Crippen LogP contribution in [0.15, 0.2) is 36.7 Å². The lowest BCUT2D eigenvalue weighted by atomic mass is 9.86. The van der Waals surface area contributed by atoms with Gasteiger partial charge in [-0.3, -0.25) is 0 Å². The van der Waals surface area contributed by atoms with Crippen molar-refractivity contribution >= 4 is 0 Å². The summed E-state index contributed by atoms with van der Waals surface area (Å²) in [6.07, 6.45) is 4.50. The van der Waals surface area contributed by atoms with E-state index in [1.54, 1.807) is 6.20 Å². The molecule has 0 atom stereocenters. The molecule has 0 radical (unpaired) electrons. The van der Waals surface area contributed by atoms with Gasteiger partial charge in [0.15, 0.2) is 0 Å². The summed E-state index contributed by atoms with van der Waals surface area (Å²) in [4.78, 5) is 4.35. The van der Waals surface area contributed by atoms with E-state index in [2.05, 4.69) is 50.0 Å². The Bertz CT molecular complexity index is 520. The van der Waals surface area contributed by atoms with E-state index in [0.717, 1.165) is 12.2 Å². The summed E-state index contributed by atoms with van der Waals surface area (Å²) in [6.45, 7) is 7.41. The van der Waals surface area contributed by atoms with Crippen LogP contribution in [0.1, 0.15) is 37.7 Å². The topological polar surface area (TPSA) is 38.0 Å². The minimum atomic E-state index is 0.145. The molecule has 0 unspecified atom stereocenters. The van der Waals surface area contributed by atoms with Crippen molar-refractivity contribution in [3.05, 3.63) is 53.6 Å². The van der Waals surface area contributed by atoms with Crippen LogP contribution in [0.3, 0.4) is 0 Å². The SMILES string of the molecule is CC(C)(C)c1ccc(Cc2nccn2CCO)cc1. The number of benzene rings is 1. The van der Waals surface area contributed by atoms with Crippen LogP contribution in [0.5, 0.6) is 0 Å².